The standard InChI is InChI=1S/C33H34N4O3S2/c1-5-33(2,3)22-15-16-24-25(19-34)30(42-28(24)18-22)36-29(38)20-41-32-35-26(17-21-11-9-10-14-27(21)40-4)31(39)37(32)23-12-7-6-8-13-23/h6-14,17,22H,5,15-16,18,20H2,1-4H3,(H,36,38)/b26-17+/t22-/m1/s1. The van der Waals surface area contributed by atoms with Crippen molar-refractivity contribution in [1.82, 2.24) is 0 Å². The quantitative estimate of drug-likeness (QED) is 0.275. The average Bonchev–Trinajstić information content (AvgIpc) is 3.51. The highest BCUT2D eigenvalue weighted by atomic mass is 32.2. The summed E-state index contributed by atoms with van der Waals surface area (Å²) in [6, 6.07) is 19.0. The lowest BCUT2D eigenvalue weighted by Gasteiger charge is -2.36. The molecule has 0 saturated carbocycles. The van der Waals surface area contributed by atoms with Crippen LogP contribution in [-0.2, 0) is 22.4 Å². The summed E-state index contributed by atoms with van der Waals surface area (Å²) >= 11 is 2.72. The highest BCUT2D eigenvalue weighted by Gasteiger charge is 2.35. The second-order valence-electron chi connectivity index (χ2n) is 11.1. The molecule has 9 heteroatoms. The zero-order chi connectivity index (χ0) is 29.9. The van der Waals surface area contributed by atoms with Gasteiger partial charge in [-0.15, -0.1) is 11.3 Å². The van der Waals surface area contributed by atoms with E-state index in [1.54, 1.807) is 13.2 Å². The number of amidine groups is 1. The molecule has 5 rings (SSSR count). The lowest BCUT2D eigenvalue weighted by Crippen LogP contribution is -2.31. The molecule has 0 bridgehead atoms. The molecule has 1 atom stereocenters. The average molecular weight is 599 g/mol. The van der Waals surface area contributed by atoms with Crippen molar-refractivity contribution in [2.45, 2.75) is 46.5 Å². The number of nitrogens with one attached hydrogen (secondary N) is 1. The number of hydrogen-bond donors (Lipinski definition) is 1. The SMILES string of the molecule is CCC(C)(C)[C@@H]1CCc2c(sc(NC(=O)CSC3=N/C(=C/c4ccccc4OC)C(=O)N3c3ccccc3)c2C#N)C1. The first-order valence-electron chi connectivity index (χ1n) is 14.1. The van der Waals surface area contributed by atoms with Gasteiger partial charge in [0, 0.05) is 10.4 Å². The minimum absolute atomic E-state index is 0.0380. The monoisotopic (exact) mass is 598 g/mol. The number of nitrogens with zero attached hydrogens (tertiary/aromatic N) is 3. The zero-order valence-corrected chi connectivity index (χ0v) is 25.9. The number of carbonyl (C=O) groups is 2. The molecule has 0 radical (unpaired) electrons. The number of methoxy groups -OCH3 is 1. The van der Waals surface area contributed by atoms with Crippen molar-refractivity contribution in [2.75, 3.05) is 23.1 Å². The van der Waals surface area contributed by atoms with E-state index in [0.717, 1.165) is 36.8 Å². The van der Waals surface area contributed by atoms with E-state index in [-0.39, 0.29) is 28.7 Å². The highest BCUT2D eigenvalue weighted by Crippen LogP contribution is 2.45. The zero-order valence-electron chi connectivity index (χ0n) is 24.3. The van der Waals surface area contributed by atoms with Gasteiger partial charge < -0.3 is 10.1 Å². The maximum absolute atomic E-state index is 13.5. The van der Waals surface area contributed by atoms with Crippen LogP contribution in [0.25, 0.3) is 6.08 Å². The molecule has 216 valence electrons. The third-order valence-electron chi connectivity index (χ3n) is 8.25. The summed E-state index contributed by atoms with van der Waals surface area (Å²) in [5.41, 5.74) is 3.56. The van der Waals surface area contributed by atoms with Crippen LogP contribution in [0.3, 0.4) is 0 Å². The topological polar surface area (TPSA) is 94.8 Å². The fraction of sp³-hybridized carbons (Fsp3) is 0.333. The second kappa shape index (κ2) is 12.6. The number of fused-ring (bicyclic) bond motifs is 1. The Morgan fingerprint density at radius 1 is 1.24 bits per heavy atom. The Bertz CT molecular complexity index is 1600. The molecule has 2 heterocycles. The van der Waals surface area contributed by atoms with Gasteiger partial charge in [-0.1, -0.05) is 75.4 Å². The lowest BCUT2D eigenvalue weighted by molar-refractivity contribution is -0.114. The van der Waals surface area contributed by atoms with Gasteiger partial charge in [0.05, 0.1) is 24.1 Å². The van der Waals surface area contributed by atoms with Crippen molar-refractivity contribution < 1.29 is 14.3 Å². The van der Waals surface area contributed by atoms with Crippen molar-refractivity contribution in [1.29, 1.82) is 5.26 Å². The molecule has 2 aliphatic rings. The summed E-state index contributed by atoms with van der Waals surface area (Å²) in [6.07, 6.45) is 5.65. The maximum Gasteiger partial charge on any atom is 0.283 e. The Balaban J connectivity index is 1.35. The van der Waals surface area contributed by atoms with Gasteiger partial charge in [-0.25, -0.2) is 4.99 Å². The van der Waals surface area contributed by atoms with Crippen molar-refractivity contribution in [3.8, 4) is 11.8 Å². The van der Waals surface area contributed by atoms with E-state index in [1.807, 2.05) is 54.6 Å². The molecule has 0 saturated heterocycles. The first kappa shape index (κ1) is 29.6. The molecule has 1 aliphatic carbocycles. The molecule has 1 aliphatic heterocycles. The number of nitriles is 1. The summed E-state index contributed by atoms with van der Waals surface area (Å²) in [4.78, 5) is 34.1. The predicted molar refractivity (Wildman–Crippen MR) is 172 cm³/mol. The summed E-state index contributed by atoms with van der Waals surface area (Å²) in [5, 5.41) is 14.0. The molecule has 0 unspecified atom stereocenters. The van der Waals surface area contributed by atoms with Gasteiger partial charge in [0.15, 0.2) is 5.17 Å². The number of amides is 2. The third kappa shape index (κ3) is 6.01. The van der Waals surface area contributed by atoms with Gasteiger partial charge in [0.1, 0.15) is 22.5 Å². The second-order valence-corrected chi connectivity index (χ2v) is 13.1. The number of para-hydroxylation sites is 2. The van der Waals surface area contributed by atoms with Crippen LogP contribution < -0.4 is 15.0 Å². The first-order valence-corrected chi connectivity index (χ1v) is 15.9. The van der Waals surface area contributed by atoms with Gasteiger partial charge >= 0.3 is 0 Å². The first-order chi connectivity index (χ1) is 20.2. The van der Waals surface area contributed by atoms with Crippen LogP contribution in [0, 0.1) is 22.7 Å². The molecule has 2 amide bonds. The predicted octanol–water partition coefficient (Wildman–Crippen LogP) is 7.29. The number of rotatable bonds is 8. The Kier molecular flexibility index (Phi) is 8.85. The lowest BCUT2D eigenvalue weighted by atomic mass is 9.69. The third-order valence-corrected chi connectivity index (χ3v) is 10.4. The summed E-state index contributed by atoms with van der Waals surface area (Å²) in [5.74, 6) is 0.703. The number of anilines is 2. The fourth-order valence-corrected chi connectivity index (χ4v) is 7.48. The minimum atomic E-state index is -0.280. The number of hydrogen-bond acceptors (Lipinski definition) is 7. The summed E-state index contributed by atoms with van der Waals surface area (Å²) < 4.78 is 5.44. The van der Waals surface area contributed by atoms with Gasteiger partial charge in [-0.2, -0.15) is 5.26 Å². The van der Waals surface area contributed by atoms with E-state index in [2.05, 4.69) is 37.1 Å². The van der Waals surface area contributed by atoms with Crippen LogP contribution in [0.5, 0.6) is 5.75 Å². The van der Waals surface area contributed by atoms with E-state index in [4.69, 9.17) is 4.74 Å². The molecular weight excluding hydrogens is 565 g/mol. The van der Waals surface area contributed by atoms with Gasteiger partial charge in [-0.3, -0.25) is 14.5 Å². The number of thioether (sulfide) groups is 1. The Hall–Kier alpha value is -3.87. The van der Waals surface area contributed by atoms with Crippen LogP contribution >= 0.6 is 23.1 Å². The summed E-state index contributed by atoms with van der Waals surface area (Å²) in [7, 11) is 1.58. The number of aliphatic imine (C=N–C) groups is 1. The molecule has 0 fully saturated rings. The largest absolute Gasteiger partial charge is 0.496 e. The number of carbonyl (C=O) groups excluding carboxylic acids is 2. The van der Waals surface area contributed by atoms with Gasteiger partial charge in [0.2, 0.25) is 5.91 Å². The molecular formula is C33H34N4O3S2. The molecule has 7 nitrogen and oxygen atoms in total. The fourth-order valence-electron chi connectivity index (χ4n) is 5.37. The van der Waals surface area contributed by atoms with Crippen molar-refractivity contribution >= 4 is 56.8 Å². The van der Waals surface area contributed by atoms with Crippen LogP contribution in [-0.4, -0.2) is 29.8 Å². The smallest absolute Gasteiger partial charge is 0.283 e. The van der Waals surface area contributed by atoms with Crippen LogP contribution in [0.15, 0.2) is 65.3 Å². The minimum Gasteiger partial charge on any atom is -0.496 e. The van der Waals surface area contributed by atoms with Crippen molar-refractivity contribution in [3.05, 3.63) is 81.9 Å². The summed E-state index contributed by atoms with van der Waals surface area (Å²) in [6.45, 7) is 6.85. The van der Waals surface area contributed by atoms with E-state index in [9.17, 15) is 14.9 Å². The van der Waals surface area contributed by atoms with E-state index < -0.39 is 0 Å². The number of ether oxygens (including phenoxy) is 1. The molecule has 1 aromatic heterocycles. The van der Waals surface area contributed by atoms with Crippen LogP contribution in [0.1, 0.15) is 55.2 Å². The normalized spacial score (nSPS) is 17.5. The highest BCUT2D eigenvalue weighted by molar-refractivity contribution is 8.14. The molecule has 42 heavy (non-hydrogen) atoms. The molecule has 2 aromatic carbocycles. The Labute approximate surface area is 255 Å². The van der Waals surface area contributed by atoms with Crippen LogP contribution in [0.4, 0.5) is 10.7 Å². The Morgan fingerprint density at radius 3 is 2.69 bits per heavy atom. The van der Waals surface area contributed by atoms with Gasteiger partial charge in [0.25, 0.3) is 5.91 Å². The van der Waals surface area contributed by atoms with Crippen molar-refractivity contribution in [2.24, 2.45) is 16.3 Å². The van der Waals surface area contributed by atoms with Gasteiger partial charge in [-0.05, 0) is 60.4 Å². The van der Waals surface area contributed by atoms with Crippen LogP contribution in [0.2, 0.25) is 0 Å². The maximum atomic E-state index is 13.5. The number of benzene rings is 2. The van der Waals surface area contributed by atoms with Crippen molar-refractivity contribution in [3.63, 3.8) is 0 Å². The number of thiophene rings is 1. The molecule has 1 N–H and O–H groups in total. The molecule has 3 aromatic rings. The van der Waals surface area contributed by atoms with E-state index >= 15 is 0 Å². The van der Waals surface area contributed by atoms with E-state index in [0.29, 0.717) is 33.1 Å². The van der Waals surface area contributed by atoms with E-state index in [1.165, 1.54) is 32.9 Å². The molecule has 0 spiro atoms. The Morgan fingerprint density at radius 2 is 1.98 bits per heavy atom.